The molecule has 4 heteroatoms. The predicted molar refractivity (Wildman–Crippen MR) is 97.1 cm³/mol. The molecule has 3 rings (SSSR count). The van der Waals surface area contributed by atoms with Crippen molar-refractivity contribution < 1.29 is 9.50 Å². The van der Waals surface area contributed by atoms with E-state index in [-0.39, 0.29) is 16.0 Å². The SMILES string of the molecule is CC[N+]1=C(/C=C/c2ccc([N+](=O)[O-])cc2)C(C)(C)c2ccccc21. The molecule has 0 unspecified atom stereocenters. The van der Waals surface area contributed by atoms with Crippen LogP contribution in [0.1, 0.15) is 31.9 Å². The average Bonchev–Trinajstić information content (AvgIpc) is 2.80. The summed E-state index contributed by atoms with van der Waals surface area (Å²) in [5.41, 5.74) is 4.83. The van der Waals surface area contributed by atoms with Gasteiger partial charge in [0.15, 0.2) is 5.71 Å². The van der Waals surface area contributed by atoms with Crippen LogP contribution in [0.2, 0.25) is 0 Å². The van der Waals surface area contributed by atoms with Crippen LogP contribution in [0.3, 0.4) is 0 Å². The highest BCUT2D eigenvalue weighted by atomic mass is 16.6. The number of para-hydroxylation sites is 1. The second kappa shape index (κ2) is 6.04. The van der Waals surface area contributed by atoms with E-state index in [0.29, 0.717) is 0 Å². The number of hydrogen-bond donors (Lipinski definition) is 0. The Morgan fingerprint density at radius 2 is 1.75 bits per heavy atom. The van der Waals surface area contributed by atoms with Crippen molar-refractivity contribution in [1.29, 1.82) is 0 Å². The van der Waals surface area contributed by atoms with Gasteiger partial charge in [-0.15, -0.1) is 0 Å². The molecule has 1 aliphatic rings. The van der Waals surface area contributed by atoms with Gasteiger partial charge in [0, 0.05) is 29.8 Å². The Morgan fingerprint density at radius 1 is 1.08 bits per heavy atom. The number of nitro groups is 1. The fourth-order valence-corrected chi connectivity index (χ4v) is 3.36. The van der Waals surface area contributed by atoms with E-state index in [0.717, 1.165) is 12.1 Å². The minimum Gasteiger partial charge on any atom is -0.258 e. The molecule has 24 heavy (non-hydrogen) atoms. The molecule has 122 valence electrons. The highest BCUT2D eigenvalue weighted by molar-refractivity contribution is 6.05. The van der Waals surface area contributed by atoms with Gasteiger partial charge in [0.25, 0.3) is 5.69 Å². The van der Waals surface area contributed by atoms with Gasteiger partial charge in [-0.25, -0.2) is 0 Å². The lowest BCUT2D eigenvalue weighted by Crippen LogP contribution is -2.27. The van der Waals surface area contributed by atoms with Crippen molar-refractivity contribution >= 4 is 23.2 Å². The van der Waals surface area contributed by atoms with Crippen LogP contribution in [0, 0.1) is 10.1 Å². The number of benzene rings is 2. The molecule has 0 atom stereocenters. The molecule has 0 saturated carbocycles. The summed E-state index contributed by atoms with van der Waals surface area (Å²) in [5.74, 6) is 0. The van der Waals surface area contributed by atoms with Gasteiger partial charge in [0.1, 0.15) is 6.54 Å². The molecule has 4 nitrogen and oxygen atoms in total. The molecular weight excluding hydrogens is 300 g/mol. The van der Waals surface area contributed by atoms with Crippen molar-refractivity contribution in [3.8, 4) is 0 Å². The van der Waals surface area contributed by atoms with Gasteiger partial charge in [0.2, 0.25) is 5.69 Å². The molecule has 0 fully saturated rings. The van der Waals surface area contributed by atoms with Gasteiger partial charge < -0.3 is 0 Å². The van der Waals surface area contributed by atoms with Crippen LogP contribution in [-0.2, 0) is 5.41 Å². The molecule has 0 N–H and O–H groups in total. The third-order valence-corrected chi connectivity index (χ3v) is 4.65. The molecule has 2 aromatic carbocycles. The van der Waals surface area contributed by atoms with E-state index in [4.69, 9.17) is 0 Å². The molecule has 0 saturated heterocycles. The summed E-state index contributed by atoms with van der Waals surface area (Å²) in [6.45, 7) is 7.52. The van der Waals surface area contributed by atoms with Crippen LogP contribution in [-0.4, -0.2) is 21.8 Å². The second-order valence-electron chi connectivity index (χ2n) is 6.45. The maximum atomic E-state index is 10.7. The molecule has 0 aromatic heterocycles. The van der Waals surface area contributed by atoms with Crippen molar-refractivity contribution in [3.63, 3.8) is 0 Å². The monoisotopic (exact) mass is 321 g/mol. The molecule has 0 spiro atoms. The van der Waals surface area contributed by atoms with Gasteiger partial charge in [-0.2, -0.15) is 4.58 Å². The van der Waals surface area contributed by atoms with Crippen molar-refractivity contribution in [2.75, 3.05) is 6.54 Å². The molecular formula is C20H21N2O2+. The maximum Gasteiger partial charge on any atom is 0.269 e. The first-order valence-electron chi connectivity index (χ1n) is 8.12. The first-order chi connectivity index (χ1) is 11.4. The summed E-state index contributed by atoms with van der Waals surface area (Å²) < 4.78 is 2.33. The first-order valence-corrected chi connectivity index (χ1v) is 8.12. The Balaban J connectivity index is 1.98. The van der Waals surface area contributed by atoms with E-state index in [1.54, 1.807) is 12.1 Å². The number of fused-ring (bicyclic) bond motifs is 1. The second-order valence-corrected chi connectivity index (χ2v) is 6.45. The van der Waals surface area contributed by atoms with Crippen molar-refractivity contribution in [2.24, 2.45) is 0 Å². The molecule has 0 aliphatic carbocycles. The highest BCUT2D eigenvalue weighted by Gasteiger charge is 2.43. The van der Waals surface area contributed by atoms with Gasteiger partial charge >= 0.3 is 0 Å². The molecule has 0 amide bonds. The summed E-state index contributed by atoms with van der Waals surface area (Å²) in [5, 5.41) is 10.7. The Labute approximate surface area is 141 Å². The van der Waals surface area contributed by atoms with E-state index in [1.807, 2.05) is 6.08 Å². The number of hydrogen-bond acceptors (Lipinski definition) is 2. The lowest BCUT2D eigenvalue weighted by atomic mass is 9.81. The Morgan fingerprint density at radius 3 is 2.38 bits per heavy atom. The number of rotatable bonds is 4. The van der Waals surface area contributed by atoms with Gasteiger partial charge in [0.05, 0.1) is 10.3 Å². The molecule has 0 radical (unpaired) electrons. The summed E-state index contributed by atoms with van der Waals surface area (Å²) in [6, 6.07) is 15.1. The Kier molecular flexibility index (Phi) is 4.06. The standard InChI is InChI=1S/C20H21N2O2/c1-4-21-18-8-6-5-7-17(18)20(2,3)19(21)14-11-15-9-12-16(13-10-15)22(23)24/h5-14H,4H2,1-3H3/q+1/b14-11+. The topological polar surface area (TPSA) is 46.1 Å². The largest absolute Gasteiger partial charge is 0.269 e. The van der Waals surface area contributed by atoms with Crippen LogP contribution in [0.15, 0.2) is 54.6 Å². The highest BCUT2D eigenvalue weighted by Crippen LogP contribution is 2.39. The van der Waals surface area contributed by atoms with Crippen LogP contribution >= 0.6 is 0 Å². The molecule has 2 aromatic rings. The lowest BCUT2D eigenvalue weighted by molar-refractivity contribution is -0.433. The number of non-ortho nitro benzene ring substituents is 1. The fraction of sp³-hybridized carbons (Fsp3) is 0.250. The molecule has 1 heterocycles. The summed E-state index contributed by atoms with van der Waals surface area (Å²) in [4.78, 5) is 10.4. The predicted octanol–water partition coefficient (Wildman–Crippen LogP) is 4.70. The number of allylic oxidation sites excluding steroid dienone is 1. The van der Waals surface area contributed by atoms with Crippen molar-refractivity contribution in [2.45, 2.75) is 26.2 Å². The summed E-state index contributed by atoms with van der Waals surface area (Å²) in [7, 11) is 0. The summed E-state index contributed by atoms with van der Waals surface area (Å²) in [6.07, 6.45) is 4.15. The minimum atomic E-state index is -0.377. The van der Waals surface area contributed by atoms with Gasteiger partial charge in [-0.1, -0.05) is 18.2 Å². The number of nitrogens with zero attached hydrogens (tertiary/aromatic N) is 2. The zero-order valence-electron chi connectivity index (χ0n) is 14.2. The van der Waals surface area contributed by atoms with Gasteiger partial charge in [-0.05, 0) is 44.5 Å². The smallest absolute Gasteiger partial charge is 0.258 e. The normalized spacial score (nSPS) is 15.8. The fourth-order valence-electron chi connectivity index (χ4n) is 3.36. The van der Waals surface area contributed by atoms with Crippen LogP contribution in [0.4, 0.5) is 11.4 Å². The third kappa shape index (κ3) is 2.64. The molecule has 1 aliphatic heterocycles. The zero-order chi connectivity index (χ0) is 17.3. The van der Waals surface area contributed by atoms with Gasteiger partial charge in [-0.3, -0.25) is 10.1 Å². The van der Waals surface area contributed by atoms with E-state index in [1.165, 1.54) is 29.1 Å². The Bertz CT molecular complexity index is 846. The summed E-state index contributed by atoms with van der Waals surface area (Å²) >= 11 is 0. The van der Waals surface area contributed by atoms with E-state index < -0.39 is 0 Å². The average molecular weight is 321 g/mol. The maximum absolute atomic E-state index is 10.7. The Hall–Kier alpha value is -2.75. The minimum absolute atomic E-state index is 0.0656. The van der Waals surface area contributed by atoms with E-state index >= 15 is 0 Å². The first kappa shape index (κ1) is 16.1. The number of nitro benzene ring substituents is 1. The zero-order valence-corrected chi connectivity index (χ0v) is 14.2. The van der Waals surface area contributed by atoms with Crippen molar-refractivity contribution in [1.82, 2.24) is 0 Å². The van der Waals surface area contributed by atoms with Crippen molar-refractivity contribution in [3.05, 3.63) is 75.8 Å². The van der Waals surface area contributed by atoms with Crippen LogP contribution in [0.25, 0.3) is 6.08 Å². The lowest BCUT2D eigenvalue weighted by Gasteiger charge is -2.15. The molecule has 0 bridgehead atoms. The van der Waals surface area contributed by atoms with E-state index in [9.17, 15) is 10.1 Å². The quantitative estimate of drug-likeness (QED) is 0.465. The van der Waals surface area contributed by atoms with Crippen LogP contribution in [0.5, 0.6) is 0 Å². The third-order valence-electron chi connectivity index (χ3n) is 4.65. The van der Waals surface area contributed by atoms with Crippen LogP contribution < -0.4 is 0 Å². The van der Waals surface area contributed by atoms with E-state index in [2.05, 4.69) is 55.7 Å².